The third-order valence-corrected chi connectivity index (χ3v) is 5.86. The van der Waals surface area contributed by atoms with Gasteiger partial charge in [0.15, 0.2) is 11.6 Å². The van der Waals surface area contributed by atoms with Crippen molar-refractivity contribution in [3.05, 3.63) is 76.6 Å². The highest BCUT2D eigenvalue weighted by atomic mass is 32.2. The summed E-state index contributed by atoms with van der Waals surface area (Å²) in [6, 6.07) is 10.1. The molecule has 2 aliphatic rings. The van der Waals surface area contributed by atoms with Crippen molar-refractivity contribution in [1.82, 2.24) is 15.2 Å². The number of rotatable bonds is 5. The second kappa shape index (κ2) is 7.36. The zero-order valence-corrected chi connectivity index (χ0v) is 15.6. The Morgan fingerprint density at radius 2 is 2.07 bits per heavy atom. The van der Waals surface area contributed by atoms with Crippen LogP contribution in [0.4, 0.5) is 5.82 Å². The molecule has 1 aliphatic heterocycles. The quantitative estimate of drug-likeness (QED) is 0.832. The van der Waals surface area contributed by atoms with E-state index in [2.05, 4.69) is 33.7 Å². The third-order valence-electron chi connectivity index (χ3n) is 4.63. The minimum atomic E-state index is -0.385. The van der Waals surface area contributed by atoms with Crippen LogP contribution >= 0.6 is 11.8 Å². The summed E-state index contributed by atoms with van der Waals surface area (Å²) in [7, 11) is 0. The minimum absolute atomic E-state index is 0.0202. The Kier molecular flexibility index (Phi) is 4.77. The number of hydrogen-bond acceptors (Lipinski definition) is 6. The molecule has 6 nitrogen and oxygen atoms in total. The van der Waals surface area contributed by atoms with Crippen molar-refractivity contribution in [2.75, 3.05) is 5.32 Å². The Bertz CT molecular complexity index is 968. The predicted octanol–water partition coefficient (Wildman–Crippen LogP) is 2.85. The monoisotopic (exact) mass is 377 g/mol. The molecule has 2 atom stereocenters. The molecule has 2 aromatic rings. The average Bonchev–Trinajstić information content (AvgIpc) is 3.12. The highest BCUT2D eigenvalue weighted by molar-refractivity contribution is 8.03. The molecule has 27 heavy (non-hydrogen) atoms. The molecular formula is C20H19N5OS. The molecule has 2 unspecified atom stereocenters. The van der Waals surface area contributed by atoms with E-state index in [4.69, 9.17) is 10.7 Å². The van der Waals surface area contributed by atoms with Gasteiger partial charge < -0.3 is 11.1 Å². The van der Waals surface area contributed by atoms with Crippen molar-refractivity contribution >= 4 is 29.1 Å². The highest BCUT2D eigenvalue weighted by Crippen LogP contribution is 2.45. The summed E-state index contributed by atoms with van der Waals surface area (Å²) in [6.45, 7) is 2.54. The van der Waals surface area contributed by atoms with E-state index in [1.807, 2.05) is 36.6 Å². The van der Waals surface area contributed by atoms with Crippen molar-refractivity contribution in [3.63, 3.8) is 0 Å². The number of thioether (sulfide) groups is 1. The van der Waals surface area contributed by atoms with Gasteiger partial charge in [0.25, 0.3) is 0 Å². The van der Waals surface area contributed by atoms with Crippen molar-refractivity contribution in [3.8, 4) is 0 Å². The van der Waals surface area contributed by atoms with Gasteiger partial charge in [0.2, 0.25) is 5.91 Å². The highest BCUT2D eigenvalue weighted by Gasteiger charge is 2.36. The number of allylic oxidation sites excluding steroid dienone is 4. The Morgan fingerprint density at radius 3 is 2.85 bits per heavy atom. The molecule has 1 aromatic heterocycles. The van der Waals surface area contributed by atoms with Gasteiger partial charge in [-0.3, -0.25) is 4.79 Å². The van der Waals surface area contributed by atoms with Gasteiger partial charge in [0, 0.05) is 28.9 Å². The van der Waals surface area contributed by atoms with E-state index < -0.39 is 0 Å². The molecular weight excluding hydrogens is 358 g/mol. The van der Waals surface area contributed by atoms with Gasteiger partial charge in [-0.05, 0) is 17.9 Å². The van der Waals surface area contributed by atoms with Crippen LogP contribution in [-0.4, -0.2) is 26.3 Å². The maximum Gasteiger partial charge on any atom is 0.245 e. The molecule has 1 aromatic carbocycles. The Labute approximate surface area is 161 Å². The molecule has 0 saturated heterocycles. The lowest BCUT2D eigenvalue weighted by molar-refractivity contribution is -0.114. The van der Waals surface area contributed by atoms with E-state index in [1.54, 1.807) is 17.8 Å². The normalized spacial score (nSPS) is 20.6. The first-order chi connectivity index (χ1) is 13.1. The second-order valence-corrected chi connectivity index (χ2v) is 7.45. The topological polar surface area (TPSA) is 93.8 Å². The summed E-state index contributed by atoms with van der Waals surface area (Å²) in [4.78, 5) is 16.4. The van der Waals surface area contributed by atoms with Crippen LogP contribution in [0.25, 0.3) is 5.57 Å². The van der Waals surface area contributed by atoms with Crippen LogP contribution in [0.2, 0.25) is 0 Å². The van der Waals surface area contributed by atoms with E-state index in [-0.39, 0.29) is 17.1 Å². The van der Waals surface area contributed by atoms with Crippen LogP contribution in [0, 0.1) is 12.8 Å². The van der Waals surface area contributed by atoms with Crippen molar-refractivity contribution < 1.29 is 4.79 Å². The number of fused-ring (bicyclic) bond motifs is 1. The van der Waals surface area contributed by atoms with Gasteiger partial charge in [-0.2, -0.15) is 0 Å². The smallest absolute Gasteiger partial charge is 0.245 e. The molecule has 7 heteroatoms. The molecule has 1 amide bonds. The number of primary amides is 1. The number of hydrogen-bond donors (Lipinski definition) is 2. The average molecular weight is 377 g/mol. The number of nitrogens with two attached hydrogens (primary N) is 1. The van der Waals surface area contributed by atoms with Crippen LogP contribution in [0.15, 0.2) is 59.5 Å². The number of benzene rings is 1. The number of anilines is 1. The van der Waals surface area contributed by atoms with Crippen LogP contribution in [0.3, 0.4) is 0 Å². The lowest BCUT2D eigenvalue weighted by Gasteiger charge is -2.22. The predicted molar refractivity (Wildman–Crippen MR) is 108 cm³/mol. The van der Waals surface area contributed by atoms with Crippen LogP contribution in [-0.2, 0) is 11.3 Å². The van der Waals surface area contributed by atoms with Crippen molar-refractivity contribution in [1.29, 1.82) is 0 Å². The van der Waals surface area contributed by atoms with Crippen molar-refractivity contribution in [2.45, 2.75) is 18.7 Å². The Hall–Kier alpha value is -2.93. The largest absolute Gasteiger partial charge is 0.366 e. The summed E-state index contributed by atoms with van der Waals surface area (Å²) in [6.07, 6.45) is 5.72. The lowest BCUT2D eigenvalue weighted by atomic mass is 9.87. The number of nitrogens with one attached hydrogen (secondary N) is 1. The molecule has 136 valence electrons. The first-order valence-electron chi connectivity index (χ1n) is 8.66. The minimum Gasteiger partial charge on any atom is -0.366 e. The number of carbonyl (C=O) groups excluding carboxylic acids is 1. The molecule has 0 spiro atoms. The lowest BCUT2D eigenvalue weighted by Crippen LogP contribution is -2.27. The van der Waals surface area contributed by atoms with E-state index >= 15 is 0 Å². The number of aryl methyl sites for hydroxylation is 1. The van der Waals surface area contributed by atoms with E-state index in [1.165, 1.54) is 5.56 Å². The molecule has 3 N–H and O–H groups in total. The van der Waals surface area contributed by atoms with E-state index in [0.717, 1.165) is 11.3 Å². The number of aromatic nitrogens is 3. The first-order valence-corrected chi connectivity index (χ1v) is 9.61. The Balaban J connectivity index is 1.56. The number of carbonyl (C=O) groups is 1. The standard InChI is InChI=1S/C20H19N5OS/c1-12-19(22-10-13-6-3-2-4-7-13)23-20(25-24-12)16-11-27-17-14(16)8-5-9-15(17)18(21)26/h2-9,11,14,17H,10H2,1H3,(H2,21,26)(H,22,23,25). The summed E-state index contributed by atoms with van der Waals surface area (Å²) >= 11 is 1.58. The SMILES string of the molecule is Cc1nnc(C2=CSC3C(C(N)=O)=CC=CC23)nc1NCc1ccccc1. The van der Waals surface area contributed by atoms with Gasteiger partial charge in [-0.15, -0.1) is 22.0 Å². The fraction of sp³-hybridized carbons (Fsp3) is 0.200. The molecule has 0 radical (unpaired) electrons. The fourth-order valence-corrected chi connectivity index (χ4v) is 4.50. The van der Waals surface area contributed by atoms with Crippen LogP contribution < -0.4 is 11.1 Å². The summed E-state index contributed by atoms with van der Waals surface area (Å²) in [5.41, 5.74) is 9.01. The van der Waals surface area contributed by atoms with Crippen LogP contribution in [0.5, 0.6) is 0 Å². The summed E-state index contributed by atoms with van der Waals surface area (Å²) in [5.74, 6) is 0.925. The van der Waals surface area contributed by atoms with Gasteiger partial charge in [0.05, 0.1) is 0 Å². The molecule has 2 heterocycles. The Morgan fingerprint density at radius 1 is 1.26 bits per heavy atom. The van der Waals surface area contributed by atoms with Crippen LogP contribution in [0.1, 0.15) is 17.1 Å². The van der Waals surface area contributed by atoms with E-state index in [9.17, 15) is 4.79 Å². The zero-order valence-electron chi connectivity index (χ0n) is 14.8. The number of amides is 1. The molecule has 0 fully saturated rings. The number of nitrogens with zero attached hydrogens (tertiary/aromatic N) is 3. The molecule has 1 aliphatic carbocycles. The van der Waals surface area contributed by atoms with Gasteiger partial charge in [-0.25, -0.2) is 4.98 Å². The zero-order chi connectivity index (χ0) is 18.8. The summed E-state index contributed by atoms with van der Waals surface area (Å²) < 4.78 is 0. The van der Waals surface area contributed by atoms with Gasteiger partial charge >= 0.3 is 0 Å². The third kappa shape index (κ3) is 3.50. The van der Waals surface area contributed by atoms with Gasteiger partial charge in [0.1, 0.15) is 5.69 Å². The maximum absolute atomic E-state index is 11.7. The van der Waals surface area contributed by atoms with Gasteiger partial charge in [-0.1, -0.05) is 48.6 Å². The first kappa shape index (κ1) is 17.5. The maximum atomic E-state index is 11.7. The van der Waals surface area contributed by atoms with Crippen molar-refractivity contribution in [2.24, 2.45) is 11.7 Å². The van der Waals surface area contributed by atoms with E-state index in [0.29, 0.717) is 23.8 Å². The fourth-order valence-electron chi connectivity index (χ4n) is 3.19. The molecule has 0 bridgehead atoms. The second-order valence-electron chi connectivity index (χ2n) is 6.44. The summed E-state index contributed by atoms with van der Waals surface area (Å²) in [5, 5.41) is 13.9. The molecule has 4 rings (SSSR count). The molecule has 0 saturated carbocycles.